The van der Waals surface area contributed by atoms with Gasteiger partial charge >= 0.3 is 0 Å². The van der Waals surface area contributed by atoms with E-state index in [2.05, 4.69) is 21.2 Å². The molecule has 0 fully saturated rings. The molecule has 1 rings (SSSR count). The van der Waals surface area contributed by atoms with Crippen LogP contribution in [0.1, 0.15) is 31.1 Å². The highest BCUT2D eigenvalue weighted by Crippen LogP contribution is 2.24. The van der Waals surface area contributed by atoms with Crippen LogP contribution in [0, 0.1) is 5.92 Å². The molecule has 0 saturated heterocycles. The number of hydrogen-bond donors (Lipinski definition) is 2. The van der Waals surface area contributed by atoms with Crippen LogP contribution in [0.25, 0.3) is 0 Å². The fourth-order valence-electron chi connectivity index (χ4n) is 1.40. The lowest BCUT2D eigenvalue weighted by Gasteiger charge is -2.33. The van der Waals surface area contributed by atoms with Crippen LogP contribution in [0.3, 0.4) is 0 Å². The largest absolute Gasteiger partial charge is 0.345 e. The van der Waals surface area contributed by atoms with Gasteiger partial charge in [0, 0.05) is 16.6 Å². The Morgan fingerprint density at radius 2 is 2.17 bits per heavy atom. The second-order valence-electron chi connectivity index (χ2n) is 4.86. The van der Waals surface area contributed by atoms with Gasteiger partial charge in [-0.1, -0.05) is 25.4 Å². The predicted octanol–water partition coefficient (Wildman–Crippen LogP) is 3.21. The minimum absolute atomic E-state index is 0.144. The van der Waals surface area contributed by atoms with Gasteiger partial charge in [-0.2, -0.15) is 0 Å². The Kier molecular flexibility index (Phi) is 5.20. The number of rotatable bonds is 4. The van der Waals surface area contributed by atoms with Crippen molar-refractivity contribution in [3.05, 3.63) is 33.3 Å². The summed E-state index contributed by atoms with van der Waals surface area (Å²) in [6, 6.07) is 5.09. The molecule has 0 spiro atoms. The summed E-state index contributed by atoms with van der Waals surface area (Å²) in [6.07, 6.45) is 0. The number of amides is 1. The molecule has 1 amide bonds. The summed E-state index contributed by atoms with van der Waals surface area (Å²) in [5, 5.41) is 3.56. The molecular weight excluding hydrogens is 316 g/mol. The molecule has 1 atom stereocenters. The topological polar surface area (TPSA) is 55.1 Å². The van der Waals surface area contributed by atoms with E-state index < -0.39 is 5.54 Å². The molecule has 1 aromatic carbocycles. The number of nitrogens with one attached hydrogen (secondary N) is 1. The van der Waals surface area contributed by atoms with Gasteiger partial charge in [-0.25, -0.2) is 0 Å². The summed E-state index contributed by atoms with van der Waals surface area (Å²) in [6.45, 7) is 6.40. The fourth-order valence-corrected chi connectivity index (χ4v) is 1.90. The standard InChI is InChI=1S/C13H18BrClN2O/c1-8(2)13(3,7-16)17-12(18)9-4-5-11(15)10(14)6-9/h4-6,8H,7,16H2,1-3H3,(H,17,18). The van der Waals surface area contributed by atoms with Crippen molar-refractivity contribution >= 4 is 33.4 Å². The molecule has 1 unspecified atom stereocenters. The summed E-state index contributed by atoms with van der Waals surface area (Å²) in [5.41, 5.74) is 5.89. The average molecular weight is 334 g/mol. The maximum atomic E-state index is 12.2. The van der Waals surface area contributed by atoms with Crippen LogP contribution >= 0.6 is 27.5 Å². The van der Waals surface area contributed by atoms with E-state index in [0.29, 0.717) is 21.6 Å². The lowest BCUT2D eigenvalue weighted by molar-refractivity contribution is 0.0883. The van der Waals surface area contributed by atoms with Crippen molar-refractivity contribution in [2.75, 3.05) is 6.54 Å². The molecule has 0 radical (unpaired) electrons. The summed E-state index contributed by atoms with van der Waals surface area (Å²) in [5.74, 6) is 0.108. The predicted molar refractivity (Wildman–Crippen MR) is 78.9 cm³/mol. The van der Waals surface area contributed by atoms with Gasteiger partial charge < -0.3 is 11.1 Å². The Bertz CT molecular complexity index is 451. The SMILES string of the molecule is CC(C)C(C)(CN)NC(=O)c1ccc(Cl)c(Br)c1. The van der Waals surface area contributed by atoms with Crippen molar-refractivity contribution in [3.63, 3.8) is 0 Å². The zero-order valence-corrected chi connectivity index (χ0v) is 13.1. The number of carbonyl (C=O) groups is 1. The van der Waals surface area contributed by atoms with Crippen molar-refractivity contribution in [2.24, 2.45) is 11.7 Å². The van der Waals surface area contributed by atoms with Crippen molar-refractivity contribution in [3.8, 4) is 0 Å². The van der Waals surface area contributed by atoms with Gasteiger partial charge in [-0.15, -0.1) is 0 Å². The Morgan fingerprint density at radius 1 is 1.56 bits per heavy atom. The third-order valence-corrected chi connectivity index (χ3v) is 4.49. The van der Waals surface area contributed by atoms with Crippen LogP contribution in [-0.2, 0) is 0 Å². The van der Waals surface area contributed by atoms with Gasteiger partial charge in [0.2, 0.25) is 0 Å². The van der Waals surface area contributed by atoms with Crippen molar-refractivity contribution in [2.45, 2.75) is 26.3 Å². The Labute approximate surface area is 121 Å². The highest BCUT2D eigenvalue weighted by Gasteiger charge is 2.28. The van der Waals surface area contributed by atoms with Crippen molar-refractivity contribution < 1.29 is 4.79 Å². The van der Waals surface area contributed by atoms with Crippen LogP contribution in [0.15, 0.2) is 22.7 Å². The number of nitrogens with two attached hydrogens (primary N) is 1. The number of hydrogen-bond acceptors (Lipinski definition) is 2. The summed E-state index contributed by atoms with van der Waals surface area (Å²) >= 11 is 9.20. The van der Waals surface area contributed by atoms with E-state index in [9.17, 15) is 4.79 Å². The van der Waals surface area contributed by atoms with E-state index in [1.54, 1.807) is 18.2 Å². The van der Waals surface area contributed by atoms with Gasteiger partial charge in [-0.05, 0) is 47.0 Å². The third kappa shape index (κ3) is 3.46. The number of benzene rings is 1. The molecule has 0 aliphatic carbocycles. The molecule has 1 aromatic rings. The van der Waals surface area contributed by atoms with E-state index in [-0.39, 0.29) is 11.8 Å². The normalized spacial score (nSPS) is 14.4. The first kappa shape index (κ1) is 15.5. The molecule has 3 nitrogen and oxygen atoms in total. The summed E-state index contributed by atoms with van der Waals surface area (Å²) < 4.78 is 0.704. The first-order chi connectivity index (χ1) is 8.30. The molecule has 0 bridgehead atoms. The zero-order chi connectivity index (χ0) is 13.9. The van der Waals surface area contributed by atoms with Gasteiger partial charge in [0.1, 0.15) is 0 Å². The Hall–Kier alpha value is -0.580. The molecular formula is C13H18BrClN2O. The molecule has 3 N–H and O–H groups in total. The summed E-state index contributed by atoms with van der Waals surface area (Å²) in [7, 11) is 0. The van der Waals surface area contributed by atoms with Gasteiger partial charge in [0.15, 0.2) is 0 Å². The highest BCUT2D eigenvalue weighted by atomic mass is 79.9. The highest BCUT2D eigenvalue weighted by molar-refractivity contribution is 9.10. The molecule has 0 heterocycles. The number of carbonyl (C=O) groups excluding carboxylic acids is 1. The van der Waals surface area contributed by atoms with E-state index in [1.165, 1.54) is 0 Å². The second-order valence-corrected chi connectivity index (χ2v) is 6.12. The molecule has 100 valence electrons. The lowest BCUT2D eigenvalue weighted by atomic mass is 9.88. The minimum Gasteiger partial charge on any atom is -0.345 e. The molecule has 18 heavy (non-hydrogen) atoms. The molecule has 0 aliphatic rings. The van der Waals surface area contributed by atoms with Crippen LogP contribution in [0.5, 0.6) is 0 Å². The van der Waals surface area contributed by atoms with Gasteiger partial charge in [0.25, 0.3) is 5.91 Å². The van der Waals surface area contributed by atoms with Crippen LogP contribution < -0.4 is 11.1 Å². The van der Waals surface area contributed by atoms with Gasteiger partial charge in [-0.3, -0.25) is 4.79 Å². The lowest BCUT2D eigenvalue weighted by Crippen LogP contribution is -2.55. The smallest absolute Gasteiger partial charge is 0.251 e. The van der Waals surface area contributed by atoms with E-state index >= 15 is 0 Å². The quantitative estimate of drug-likeness (QED) is 0.889. The van der Waals surface area contributed by atoms with Gasteiger partial charge in [0.05, 0.1) is 10.6 Å². The monoisotopic (exact) mass is 332 g/mol. The Balaban J connectivity index is 2.91. The van der Waals surface area contributed by atoms with Crippen LogP contribution in [0.4, 0.5) is 0 Å². The number of halogens is 2. The van der Waals surface area contributed by atoms with E-state index in [4.69, 9.17) is 17.3 Å². The van der Waals surface area contributed by atoms with Crippen LogP contribution in [-0.4, -0.2) is 18.0 Å². The fraction of sp³-hybridized carbons (Fsp3) is 0.462. The first-order valence-electron chi connectivity index (χ1n) is 5.78. The van der Waals surface area contributed by atoms with Crippen LogP contribution in [0.2, 0.25) is 5.02 Å². The molecule has 0 aliphatic heterocycles. The van der Waals surface area contributed by atoms with E-state index in [0.717, 1.165) is 0 Å². The average Bonchev–Trinajstić information content (AvgIpc) is 2.32. The zero-order valence-electron chi connectivity index (χ0n) is 10.8. The third-order valence-electron chi connectivity index (χ3n) is 3.28. The summed E-state index contributed by atoms with van der Waals surface area (Å²) in [4.78, 5) is 12.2. The minimum atomic E-state index is -0.413. The van der Waals surface area contributed by atoms with Crippen molar-refractivity contribution in [1.29, 1.82) is 0 Å². The Morgan fingerprint density at radius 3 is 2.61 bits per heavy atom. The second kappa shape index (κ2) is 6.04. The van der Waals surface area contributed by atoms with Crippen molar-refractivity contribution in [1.82, 2.24) is 5.32 Å². The maximum absolute atomic E-state index is 12.2. The van der Waals surface area contributed by atoms with E-state index in [1.807, 2.05) is 20.8 Å². The molecule has 5 heteroatoms. The maximum Gasteiger partial charge on any atom is 0.251 e. The molecule has 0 saturated carbocycles. The first-order valence-corrected chi connectivity index (χ1v) is 6.95. The molecule has 0 aromatic heterocycles.